The highest BCUT2D eigenvalue weighted by Crippen LogP contribution is 2.41. The highest BCUT2D eigenvalue weighted by atomic mass is 35.5. The SMILES string of the molecule is CC(CN=[N+]=[N-])C1=CN(C2CCC(C(=O)O)C2)C(=O)N[C@]1(C)c1ccc(CCC(C)(C)C)c(Cl)c1. The summed E-state index contributed by atoms with van der Waals surface area (Å²) in [5.74, 6) is -1.43. The van der Waals surface area contributed by atoms with E-state index in [1.807, 2.05) is 38.2 Å². The summed E-state index contributed by atoms with van der Waals surface area (Å²) < 4.78 is 0. The van der Waals surface area contributed by atoms with E-state index in [0.29, 0.717) is 24.3 Å². The number of nitrogens with one attached hydrogen (secondary N) is 1. The summed E-state index contributed by atoms with van der Waals surface area (Å²) in [4.78, 5) is 29.3. The van der Waals surface area contributed by atoms with E-state index in [-0.39, 0.29) is 30.0 Å². The summed E-state index contributed by atoms with van der Waals surface area (Å²) in [5.41, 5.74) is 11.0. The van der Waals surface area contributed by atoms with Crippen molar-refractivity contribution in [2.75, 3.05) is 6.54 Å². The lowest BCUT2D eigenvalue weighted by Gasteiger charge is -2.44. The highest BCUT2D eigenvalue weighted by Gasteiger charge is 2.44. The number of urea groups is 1. The number of benzene rings is 1. The zero-order chi connectivity index (χ0) is 26.0. The fourth-order valence-corrected chi connectivity index (χ4v) is 5.36. The molecule has 0 saturated heterocycles. The summed E-state index contributed by atoms with van der Waals surface area (Å²) in [6, 6.07) is 5.49. The fraction of sp³-hybridized carbons (Fsp3) is 0.615. The van der Waals surface area contributed by atoms with Crippen molar-refractivity contribution < 1.29 is 14.7 Å². The topological polar surface area (TPSA) is 118 Å². The van der Waals surface area contributed by atoms with Crippen molar-refractivity contribution in [2.24, 2.45) is 22.4 Å². The van der Waals surface area contributed by atoms with Gasteiger partial charge in [-0.1, -0.05) is 56.5 Å². The van der Waals surface area contributed by atoms with Gasteiger partial charge < -0.3 is 10.4 Å². The lowest BCUT2D eigenvalue weighted by atomic mass is 9.77. The maximum absolute atomic E-state index is 13.3. The number of hydrogen-bond acceptors (Lipinski definition) is 3. The van der Waals surface area contributed by atoms with Crippen LogP contribution in [0, 0.1) is 17.3 Å². The van der Waals surface area contributed by atoms with Gasteiger partial charge in [-0.15, -0.1) is 0 Å². The van der Waals surface area contributed by atoms with Crippen LogP contribution in [-0.4, -0.2) is 34.6 Å². The van der Waals surface area contributed by atoms with Gasteiger partial charge >= 0.3 is 12.0 Å². The van der Waals surface area contributed by atoms with Gasteiger partial charge in [0.2, 0.25) is 0 Å². The Kier molecular flexibility index (Phi) is 8.07. The monoisotopic (exact) mass is 501 g/mol. The van der Waals surface area contributed by atoms with E-state index in [1.54, 1.807) is 4.90 Å². The number of rotatable bonds is 8. The number of aryl methyl sites for hydroxylation is 1. The lowest BCUT2D eigenvalue weighted by molar-refractivity contribution is -0.141. The standard InChI is InChI=1S/C26H36ClN5O3/c1-16(14-29-31-28)21-15-32(20-9-7-18(12-20)23(33)34)24(35)30-26(21,5)19-8-6-17(22(27)13-19)10-11-25(2,3)4/h6,8,13,15-16,18,20H,7,9-12,14H2,1-5H3,(H,30,35)(H,33,34)/t16?,18?,20?,26-/m1/s1. The Labute approximate surface area is 212 Å². The maximum atomic E-state index is 13.3. The third-order valence-electron chi connectivity index (χ3n) is 7.32. The Morgan fingerprint density at radius 1 is 1.40 bits per heavy atom. The van der Waals surface area contributed by atoms with Crippen LogP contribution >= 0.6 is 11.6 Å². The van der Waals surface area contributed by atoms with E-state index in [1.165, 1.54) is 0 Å². The fourth-order valence-electron chi connectivity index (χ4n) is 5.08. The summed E-state index contributed by atoms with van der Waals surface area (Å²) in [6.07, 6.45) is 5.30. The van der Waals surface area contributed by atoms with E-state index in [9.17, 15) is 14.7 Å². The van der Waals surface area contributed by atoms with E-state index in [2.05, 4.69) is 36.1 Å². The number of carboxylic acids is 1. The van der Waals surface area contributed by atoms with Crippen molar-refractivity contribution in [3.05, 3.63) is 56.6 Å². The summed E-state index contributed by atoms with van der Waals surface area (Å²) >= 11 is 6.70. The molecular weight excluding hydrogens is 466 g/mol. The van der Waals surface area contributed by atoms with Crippen LogP contribution in [0.1, 0.15) is 71.4 Å². The Hall–Kier alpha value is -2.70. The van der Waals surface area contributed by atoms with Crippen LogP contribution in [0.25, 0.3) is 10.4 Å². The minimum absolute atomic E-state index is 0.157. The molecule has 9 heteroatoms. The molecule has 0 bridgehead atoms. The molecule has 190 valence electrons. The molecule has 1 aromatic rings. The van der Waals surface area contributed by atoms with Gasteiger partial charge in [0.15, 0.2) is 0 Å². The Bertz CT molecular complexity index is 1060. The number of halogens is 1. The first-order chi connectivity index (χ1) is 16.4. The van der Waals surface area contributed by atoms with E-state index < -0.39 is 17.4 Å². The minimum atomic E-state index is -0.852. The third kappa shape index (κ3) is 6.11. The molecule has 1 aliphatic carbocycles. The molecule has 0 aromatic heterocycles. The van der Waals surface area contributed by atoms with Crippen LogP contribution < -0.4 is 5.32 Å². The van der Waals surface area contributed by atoms with Gasteiger partial charge in [0.05, 0.1) is 11.5 Å². The van der Waals surface area contributed by atoms with E-state index in [4.69, 9.17) is 17.1 Å². The normalized spacial score (nSPS) is 25.5. The first-order valence-electron chi connectivity index (χ1n) is 12.2. The first kappa shape index (κ1) is 26.9. The van der Waals surface area contributed by atoms with Gasteiger partial charge in [-0.2, -0.15) is 0 Å². The smallest absolute Gasteiger partial charge is 0.322 e. The van der Waals surface area contributed by atoms with Gasteiger partial charge in [-0.05, 0) is 78.7 Å². The zero-order valence-corrected chi connectivity index (χ0v) is 22.0. The van der Waals surface area contributed by atoms with Crippen LogP contribution in [0.2, 0.25) is 5.02 Å². The molecule has 2 N–H and O–H groups in total. The number of aliphatic carboxylic acids is 1. The molecule has 35 heavy (non-hydrogen) atoms. The molecule has 0 radical (unpaired) electrons. The third-order valence-corrected chi connectivity index (χ3v) is 7.67. The average molecular weight is 502 g/mol. The Morgan fingerprint density at radius 3 is 2.69 bits per heavy atom. The van der Waals surface area contributed by atoms with Crippen molar-refractivity contribution in [1.82, 2.24) is 10.2 Å². The molecule has 3 rings (SSSR count). The summed E-state index contributed by atoms with van der Waals surface area (Å²) in [7, 11) is 0. The molecular formula is C26H36ClN5O3. The summed E-state index contributed by atoms with van der Waals surface area (Å²) in [6.45, 7) is 10.7. The predicted octanol–water partition coefficient (Wildman–Crippen LogP) is 6.64. The van der Waals surface area contributed by atoms with Crippen LogP contribution in [0.15, 0.2) is 35.1 Å². The molecule has 3 unspecified atom stereocenters. The van der Waals surface area contributed by atoms with Crippen molar-refractivity contribution in [3.63, 3.8) is 0 Å². The van der Waals surface area contributed by atoms with Crippen molar-refractivity contribution in [2.45, 2.75) is 78.3 Å². The number of nitrogens with zero attached hydrogens (tertiary/aromatic N) is 4. The Morgan fingerprint density at radius 2 is 2.11 bits per heavy atom. The minimum Gasteiger partial charge on any atom is -0.481 e. The van der Waals surface area contributed by atoms with Gasteiger partial charge in [0.1, 0.15) is 0 Å². The molecule has 1 saturated carbocycles. The molecule has 1 aromatic carbocycles. The first-order valence-corrected chi connectivity index (χ1v) is 12.6. The molecule has 2 amide bonds. The predicted molar refractivity (Wildman–Crippen MR) is 137 cm³/mol. The second-order valence-electron chi connectivity index (χ2n) is 11.2. The second-order valence-corrected chi connectivity index (χ2v) is 11.6. The zero-order valence-electron chi connectivity index (χ0n) is 21.2. The van der Waals surface area contributed by atoms with Crippen LogP contribution in [-0.2, 0) is 16.8 Å². The number of carbonyl (C=O) groups excluding carboxylic acids is 1. The number of carbonyl (C=O) groups is 2. The molecule has 2 aliphatic rings. The van der Waals surface area contributed by atoms with E-state index >= 15 is 0 Å². The quantitative estimate of drug-likeness (QED) is 0.236. The number of azide groups is 1. The van der Waals surface area contributed by atoms with Crippen LogP contribution in [0.5, 0.6) is 0 Å². The van der Waals surface area contributed by atoms with Crippen LogP contribution in [0.4, 0.5) is 4.79 Å². The van der Waals surface area contributed by atoms with Gasteiger partial charge in [0, 0.05) is 28.7 Å². The molecule has 1 fully saturated rings. The molecule has 4 atom stereocenters. The maximum Gasteiger partial charge on any atom is 0.322 e. The highest BCUT2D eigenvalue weighted by molar-refractivity contribution is 6.31. The van der Waals surface area contributed by atoms with Crippen molar-refractivity contribution in [1.29, 1.82) is 0 Å². The van der Waals surface area contributed by atoms with Crippen LogP contribution in [0.3, 0.4) is 0 Å². The number of hydrogen-bond donors (Lipinski definition) is 2. The second kappa shape index (κ2) is 10.5. The Balaban J connectivity index is 1.97. The van der Waals surface area contributed by atoms with E-state index in [0.717, 1.165) is 29.5 Å². The summed E-state index contributed by atoms with van der Waals surface area (Å²) in [5, 5.41) is 17.0. The van der Waals surface area contributed by atoms with Gasteiger partial charge in [-0.25, -0.2) is 4.79 Å². The molecule has 8 nitrogen and oxygen atoms in total. The number of carboxylic acid groups (broad SMARTS) is 1. The molecule has 1 aliphatic heterocycles. The average Bonchev–Trinajstić information content (AvgIpc) is 3.26. The van der Waals surface area contributed by atoms with Crippen molar-refractivity contribution in [3.8, 4) is 0 Å². The molecule has 0 spiro atoms. The van der Waals surface area contributed by atoms with Crippen molar-refractivity contribution >= 4 is 23.6 Å². The van der Waals surface area contributed by atoms with Gasteiger partial charge in [-0.3, -0.25) is 9.69 Å². The largest absolute Gasteiger partial charge is 0.481 e. The lowest BCUT2D eigenvalue weighted by Crippen LogP contribution is -2.57. The van der Waals surface area contributed by atoms with Gasteiger partial charge in [0.25, 0.3) is 0 Å². The molecule has 1 heterocycles. The number of amides is 2.